The van der Waals surface area contributed by atoms with E-state index in [4.69, 9.17) is 0 Å². The van der Waals surface area contributed by atoms with Crippen molar-refractivity contribution in [2.24, 2.45) is 0 Å². The van der Waals surface area contributed by atoms with Gasteiger partial charge in [0.25, 0.3) is 0 Å². The second-order valence-electron chi connectivity index (χ2n) is 3.29. The van der Waals surface area contributed by atoms with E-state index in [1.807, 2.05) is 0 Å². The molecule has 0 saturated carbocycles. The van der Waals surface area contributed by atoms with Gasteiger partial charge in [0.05, 0.1) is 0 Å². The Labute approximate surface area is 115 Å². The van der Waals surface area contributed by atoms with Gasteiger partial charge in [0.1, 0.15) is 0 Å². The van der Waals surface area contributed by atoms with Crippen molar-refractivity contribution in [3.63, 3.8) is 0 Å². The molecule has 15 heavy (non-hydrogen) atoms. The second kappa shape index (κ2) is 6.00. The van der Waals surface area contributed by atoms with Gasteiger partial charge < -0.3 is 0 Å². The van der Waals surface area contributed by atoms with Crippen LogP contribution >= 0.6 is 0 Å². The Morgan fingerprint density at radius 3 is 1.27 bits per heavy atom. The van der Waals surface area contributed by atoms with Gasteiger partial charge in [0, 0.05) is 11.5 Å². The first-order chi connectivity index (χ1) is 6.18. The summed E-state index contributed by atoms with van der Waals surface area (Å²) in [6.07, 6.45) is 0.0966. The molecule has 0 spiro atoms. The van der Waals surface area contributed by atoms with Gasteiger partial charge in [-0.3, -0.25) is 0 Å². The molecule has 0 rings (SSSR count). The summed E-state index contributed by atoms with van der Waals surface area (Å²) in [5, 5.41) is 0. The van der Waals surface area contributed by atoms with Crippen LogP contribution in [0.25, 0.3) is 0 Å². The molecule has 0 aliphatic carbocycles. The fraction of sp³-hybridized carbons (Fsp3) is 1.00. The SMILES string of the molecule is CCC(C)(S(=O)(=O)CC)S(=O)(=O)CC.[NaH]. The summed E-state index contributed by atoms with van der Waals surface area (Å²) in [6.45, 7) is 5.81. The van der Waals surface area contributed by atoms with Gasteiger partial charge in [-0.1, -0.05) is 20.8 Å². The van der Waals surface area contributed by atoms with E-state index in [9.17, 15) is 16.8 Å². The molecule has 0 bridgehead atoms. The molecule has 0 unspecified atom stereocenters. The van der Waals surface area contributed by atoms with Crippen LogP contribution in [0.3, 0.4) is 0 Å². The van der Waals surface area contributed by atoms with Crippen LogP contribution in [0.1, 0.15) is 34.1 Å². The summed E-state index contributed by atoms with van der Waals surface area (Å²) < 4.78 is 45.1. The van der Waals surface area contributed by atoms with E-state index in [0.717, 1.165) is 0 Å². The molecule has 4 nitrogen and oxygen atoms in total. The standard InChI is InChI=1S/C8H18O4S2.Na.H/c1-5-8(4,13(9,10)6-2)14(11,12)7-3;;/h5-7H2,1-4H3;;. The molecule has 0 atom stereocenters. The third kappa shape index (κ3) is 3.19. The van der Waals surface area contributed by atoms with E-state index in [1.54, 1.807) is 6.92 Å². The number of hydrogen-bond donors (Lipinski definition) is 0. The van der Waals surface area contributed by atoms with Crippen molar-refractivity contribution >= 4 is 49.2 Å². The van der Waals surface area contributed by atoms with Crippen LogP contribution in [0.15, 0.2) is 0 Å². The Bertz CT molecular complexity index is 349. The predicted octanol–water partition coefficient (Wildman–Crippen LogP) is 0.334. The normalized spacial score (nSPS) is 13.3. The van der Waals surface area contributed by atoms with E-state index in [-0.39, 0.29) is 47.5 Å². The molecule has 7 heteroatoms. The third-order valence-electron chi connectivity index (χ3n) is 2.72. The van der Waals surface area contributed by atoms with Gasteiger partial charge in [-0.05, 0) is 13.3 Å². The molecule has 0 radical (unpaired) electrons. The molecule has 0 N–H and O–H groups in total. The van der Waals surface area contributed by atoms with E-state index < -0.39 is 23.8 Å². The predicted molar refractivity (Wildman–Crippen MR) is 64.8 cm³/mol. The first kappa shape index (κ1) is 18.3. The Morgan fingerprint density at radius 2 is 1.13 bits per heavy atom. The van der Waals surface area contributed by atoms with Crippen molar-refractivity contribution in [1.29, 1.82) is 0 Å². The Hall–Kier alpha value is 0.900. The molecule has 0 aromatic rings. The van der Waals surface area contributed by atoms with Gasteiger partial charge in [0.15, 0.2) is 23.8 Å². The topological polar surface area (TPSA) is 68.3 Å². The summed E-state index contributed by atoms with van der Waals surface area (Å²) in [7, 11) is -7.14. The van der Waals surface area contributed by atoms with Crippen molar-refractivity contribution < 1.29 is 16.8 Å². The van der Waals surface area contributed by atoms with Crippen LogP contribution < -0.4 is 0 Å². The molecule has 0 aromatic heterocycles. The van der Waals surface area contributed by atoms with E-state index >= 15 is 0 Å². The average molecular weight is 266 g/mol. The second-order valence-corrected chi connectivity index (χ2v) is 8.97. The Balaban J connectivity index is 0. The summed E-state index contributed by atoms with van der Waals surface area (Å²) >= 11 is 0. The van der Waals surface area contributed by atoms with E-state index in [0.29, 0.717) is 0 Å². The molecular weight excluding hydrogens is 247 g/mol. The molecule has 0 amide bonds. The maximum absolute atomic E-state index is 11.7. The molecule has 88 valence electrons. The first-order valence-electron chi connectivity index (χ1n) is 4.63. The number of sulfone groups is 2. The molecule has 0 aliphatic heterocycles. The van der Waals surface area contributed by atoms with Crippen LogP contribution in [0.4, 0.5) is 0 Å². The summed E-state index contributed by atoms with van der Waals surface area (Å²) in [5.41, 5.74) is 0. The Morgan fingerprint density at radius 1 is 0.867 bits per heavy atom. The third-order valence-corrected chi connectivity index (χ3v) is 8.97. The minimum atomic E-state index is -3.57. The van der Waals surface area contributed by atoms with Crippen molar-refractivity contribution in [2.45, 2.75) is 38.2 Å². The van der Waals surface area contributed by atoms with Gasteiger partial charge in [-0.25, -0.2) is 16.8 Å². The number of hydrogen-bond acceptors (Lipinski definition) is 4. The molecule has 0 aromatic carbocycles. The molecule has 0 saturated heterocycles. The molecular formula is C8H19NaO4S2. The van der Waals surface area contributed by atoms with E-state index in [2.05, 4.69) is 0 Å². The van der Waals surface area contributed by atoms with Gasteiger partial charge >= 0.3 is 29.6 Å². The fourth-order valence-electron chi connectivity index (χ4n) is 1.24. The van der Waals surface area contributed by atoms with Crippen molar-refractivity contribution in [2.75, 3.05) is 11.5 Å². The maximum atomic E-state index is 11.7. The zero-order valence-electron chi connectivity index (χ0n) is 9.07. The molecule has 0 aliphatic rings. The van der Waals surface area contributed by atoms with Crippen molar-refractivity contribution in [1.82, 2.24) is 0 Å². The fourth-order valence-corrected chi connectivity index (χ4v) is 5.60. The quantitative estimate of drug-likeness (QED) is 0.673. The first-order valence-corrected chi connectivity index (χ1v) is 7.93. The van der Waals surface area contributed by atoms with Gasteiger partial charge in [-0.2, -0.15) is 0 Å². The zero-order valence-corrected chi connectivity index (χ0v) is 10.7. The molecule has 0 fully saturated rings. The summed E-state index contributed by atoms with van der Waals surface area (Å²) in [5.74, 6) is -0.285. The monoisotopic (exact) mass is 266 g/mol. The number of rotatable bonds is 5. The Kier molecular flexibility index (Phi) is 7.31. The van der Waals surface area contributed by atoms with Gasteiger partial charge in [0.2, 0.25) is 0 Å². The van der Waals surface area contributed by atoms with E-state index in [1.165, 1.54) is 20.8 Å². The van der Waals surface area contributed by atoms with Crippen LogP contribution in [0, 0.1) is 0 Å². The average Bonchev–Trinajstić information content (AvgIpc) is 2.15. The van der Waals surface area contributed by atoms with Crippen LogP contribution in [-0.4, -0.2) is 62.0 Å². The zero-order chi connectivity index (χ0) is 11.6. The van der Waals surface area contributed by atoms with Crippen molar-refractivity contribution in [3.8, 4) is 0 Å². The summed E-state index contributed by atoms with van der Waals surface area (Å²) in [4.78, 5) is 0. The van der Waals surface area contributed by atoms with Crippen LogP contribution in [0.2, 0.25) is 0 Å². The van der Waals surface area contributed by atoms with Crippen molar-refractivity contribution in [3.05, 3.63) is 0 Å². The summed E-state index contributed by atoms with van der Waals surface area (Å²) in [6, 6.07) is 0. The van der Waals surface area contributed by atoms with Gasteiger partial charge in [-0.15, -0.1) is 0 Å². The minimum absolute atomic E-state index is 0. The molecule has 0 heterocycles. The van der Waals surface area contributed by atoms with Crippen LogP contribution in [-0.2, 0) is 19.7 Å². The van der Waals surface area contributed by atoms with Crippen LogP contribution in [0.5, 0.6) is 0 Å².